The Kier molecular flexibility index (Phi) is 7.76. The molecule has 35 heavy (non-hydrogen) atoms. The number of likely N-dealkylation sites (N-methyl/N-ethyl adjacent to an activating group) is 1. The molecule has 0 bridgehead atoms. The lowest BCUT2D eigenvalue weighted by molar-refractivity contribution is -0.876. The summed E-state index contributed by atoms with van der Waals surface area (Å²) in [6.45, 7) is 0.515. The van der Waals surface area contributed by atoms with E-state index in [-0.39, 0.29) is 39.1 Å². The van der Waals surface area contributed by atoms with Crippen molar-refractivity contribution < 1.29 is 33.6 Å². The summed E-state index contributed by atoms with van der Waals surface area (Å²) in [5.74, 6) is -3.17. The van der Waals surface area contributed by atoms with Gasteiger partial charge in [0.15, 0.2) is 11.7 Å². The SMILES string of the molecule is CO/N=C(\C(=O)N[C@@H]1C(=O)N2C(C(=O)[O-])=C(/C=C/C[N+](C)(C)CC(N)=O)CS[C@H]12)c1nsc(N)n1. The second-order valence-electron chi connectivity index (χ2n) is 8.25. The van der Waals surface area contributed by atoms with Crippen LogP contribution in [0.4, 0.5) is 5.13 Å². The third-order valence-electron chi connectivity index (χ3n) is 5.03. The number of amides is 3. The van der Waals surface area contributed by atoms with Gasteiger partial charge < -0.3 is 36.0 Å². The molecule has 1 fully saturated rings. The van der Waals surface area contributed by atoms with Gasteiger partial charge in [-0.3, -0.25) is 19.3 Å². The van der Waals surface area contributed by atoms with Crippen LogP contribution in [-0.4, -0.2) is 99.6 Å². The van der Waals surface area contributed by atoms with Crippen molar-refractivity contribution in [2.24, 2.45) is 10.9 Å². The average molecular weight is 525 g/mol. The first-order valence-electron chi connectivity index (χ1n) is 10.1. The van der Waals surface area contributed by atoms with E-state index in [0.29, 0.717) is 12.1 Å². The highest BCUT2D eigenvalue weighted by Gasteiger charge is 2.53. The molecular weight excluding hydrogens is 500 g/mol. The zero-order valence-corrected chi connectivity index (χ0v) is 20.7. The largest absolute Gasteiger partial charge is 0.543 e. The highest BCUT2D eigenvalue weighted by Crippen LogP contribution is 2.40. The number of fused-ring (bicyclic) bond motifs is 1. The van der Waals surface area contributed by atoms with Crippen molar-refractivity contribution in [2.75, 3.05) is 45.8 Å². The number of oxime groups is 1. The minimum Gasteiger partial charge on any atom is -0.543 e. The van der Waals surface area contributed by atoms with E-state index in [1.807, 2.05) is 0 Å². The van der Waals surface area contributed by atoms with Crippen LogP contribution >= 0.6 is 23.3 Å². The molecule has 0 saturated carbocycles. The van der Waals surface area contributed by atoms with Crippen molar-refractivity contribution in [3.05, 3.63) is 29.2 Å². The number of thioether (sulfide) groups is 1. The molecule has 1 aromatic rings. The first kappa shape index (κ1) is 26.1. The number of aliphatic carboxylic acids is 1. The van der Waals surface area contributed by atoms with Crippen molar-refractivity contribution >= 4 is 57.8 Å². The zero-order chi connectivity index (χ0) is 25.9. The van der Waals surface area contributed by atoms with E-state index in [2.05, 4.69) is 24.7 Å². The Bertz CT molecular complexity index is 1140. The molecule has 0 radical (unpaired) electrons. The lowest BCUT2D eigenvalue weighted by Crippen LogP contribution is -2.71. The summed E-state index contributed by atoms with van der Waals surface area (Å²) in [7, 11) is 4.84. The van der Waals surface area contributed by atoms with Gasteiger partial charge in [-0.15, -0.1) is 11.8 Å². The molecule has 1 aromatic heterocycles. The molecule has 2 atom stereocenters. The van der Waals surface area contributed by atoms with Gasteiger partial charge in [-0.1, -0.05) is 11.2 Å². The van der Waals surface area contributed by atoms with E-state index in [9.17, 15) is 24.3 Å². The molecule has 0 aliphatic carbocycles. The summed E-state index contributed by atoms with van der Waals surface area (Å²) in [6, 6.07) is -1.00. The van der Waals surface area contributed by atoms with Gasteiger partial charge in [0, 0.05) is 17.3 Å². The van der Waals surface area contributed by atoms with Gasteiger partial charge in [0.05, 0.1) is 32.3 Å². The fourth-order valence-corrected chi connectivity index (χ4v) is 5.30. The average Bonchev–Trinajstić information content (AvgIpc) is 3.19. The number of nitrogens with two attached hydrogens (primary N) is 2. The number of quaternary nitrogens is 1. The Balaban J connectivity index is 1.75. The molecule has 2 aliphatic rings. The summed E-state index contributed by atoms with van der Waals surface area (Å²) in [6.07, 6.45) is 3.31. The van der Waals surface area contributed by atoms with Gasteiger partial charge in [0.25, 0.3) is 17.7 Å². The number of carboxylic acid groups (broad SMARTS) is 1. The molecule has 0 aromatic carbocycles. The van der Waals surface area contributed by atoms with Crippen molar-refractivity contribution in [3.63, 3.8) is 0 Å². The van der Waals surface area contributed by atoms with Crippen LogP contribution in [-0.2, 0) is 24.0 Å². The number of rotatable bonds is 10. The number of carbonyl (C=O) groups is 4. The Morgan fingerprint density at radius 1 is 1.40 bits per heavy atom. The molecular formula is C19H24N8O6S2. The molecule has 3 rings (SSSR count). The molecule has 188 valence electrons. The van der Waals surface area contributed by atoms with Gasteiger partial charge in [0.2, 0.25) is 11.5 Å². The zero-order valence-electron chi connectivity index (χ0n) is 19.1. The topological polar surface area (TPSA) is 206 Å². The smallest absolute Gasteiger partial charge is 0.278 e. The normalized spacial score (nSPS) is 20.5. The summed E-state index contributed by atoms with van der Waals surface area (Å²) in [4.78, 5) is 58.3. The second kappa shape index (κ2) is 10.4. The fourth-order valence-electron chi connectivity index (χ4n) is 3.54. The predicted octanol–water partition coefficient (Wildman–Crippen LogP) is -3.01. The lowest BCUT2D eigenvalue weighted by Gasteiger charge is -2.50. The second-order valence-corrected chi connectivity index (χ2v) is 10.1. The number of β-lactam (4-membered cyclic amide) rings is 1. The van der Waals surface area contributed by atoms with Crippen LogP contribution in [0.1, 0.15) is 5.82 Å². The fraction of sp³-hybridized carbons (Fsp3) is 0.421. The van der Waals surface area contributed by atoms with Crippen molar-refractivity contribution in [3.8, 4) is 0 Å². The molecule has 14 nitrogen and oxygen atoms in total. The molecule has 1 saturated heterocycles. The maximum atomic E-state index is 12.8. The first-order chi connectivity index (χ1) is 16.4. The number of anilines is 1. The number of nitrogen functional groups attached to an aromatic ring is 1. The Hall–Kier alpha value is -3.50. The van der Waals surface area contributed by atoms with E-state index in [0.717, 1.165) is 16.4 Å². The quantitative estimate of drug-likeness (QED) is 0.122. The van der Waals surface area contributed by atoms with Gasteiger partial charge in [-0.25, -0.2) is 0 Å². The van der Waals surface area contributed by atoms with Gasteiger partial charge in [-0.2, -0.15) is 9.36 Å². The third kappa shape index (κ3) is 5.77. The van der Waals surface area contributed by atoms with Gasteiger partial charge >= 0.3 is 0 Å². The van der Waals surface area contributed by atoms with Gasteiger partial charge in [0.1, 0.15) is 18.5 Å². The van der Waals surface area contributed by atoms with E-state index in [1.165, 1.54) is 18.9 Å². The maximum Gasteiger partial charge on any atom is 0.278 e. The molecule has 0 spiro atoms. The van der Waals surface area contributed by atoms with E-state index >= 15 is 0 Å². The number of aromatic nitrogens is 2. The van der Waals surface area contributed by atoms with Crippen molar-refractivity contribution in [1.82, 2.24) is 19.6 Å². The summed E-state index contributed by atoms with van der Waals surface area (Å²) >= 11 is 2.14. The van der Waals surface area contributed by atoms with Crippen LogP contribution in [0.15, 0.2) is 28.6 Å². The third-order valence-corrected chi connectivity index (χ3v) is 6.88. The number of nitrogens with zero attached hydrogens (tertiary/aromatic N) is 5. The highest BCUT2D eigenvalue weighted by molar-refractivity contribution is 8.00. The van der Waals surface area contributed by atoms with Crippen LogP contribution in [0, 0.1) is 0 Å². The summed E-state index contributed by atoms with van der Waals surface area (Å²) in [5.41, 5.74) is 10.7. The maximum absolute atomic E-state index is 12.8. The van der Waals surface area contributed by atoms with Crippen LogP contribution in [0.25, 0.3) is 0 Å². The molecule has 3 heterocycles. The van der Waals surface area contributed by atoms with Gasteiger partial charge in [-0.05, 0) is 11.6 Å². The molecule has 2 aliphatic heterocycles. The lowest BCUT2D eigenvalue weighted by atomic mass is 10.0. The Morgan fingerprint density at radius 3 is 2.69 bits per heavy atom. The Morgan fingerprint density at radius 2 is 2.11 bits per heavy atom. The minimum atomic E-state index is -1.51. The number of allylic oxidation sites excluding steroid dienone is 1. The molecule has 5 N–H and O–H groups in total. The molecule has 0 unspecified atom stereocenters. The van der Waals surface area contributed by atoms with E-state index < -0.39 is 35.1 Å². The first-order valence-corrected chi connectivity index (χ1v) is 11.9. The van der Waals surface area contributed by atoms with Crippen LogP contribution in [0.2, 0.25) is 0 Å². The van der Waals surface area contributed by atoms with Crippen molar-refractivity contribution in [1.29, 1.82) is 0 Å². The van der Waals surface area contributed by atoms with Crippen LogP contribution in [0.5, 0.6) is 0 Å². The number of carboxylic acids is 1. The number of primary amides is 1. The number of nitrogens with one attached hydrogen (secondary N) is 1. The van der Waals surface area contributed by atoms with E-state index in [4.69, 9.17) is 11.5 Å². The number of hydrogen-bond donors (Lipinski definition) is 3. The highest BCUT2D eigenvalue weighted by atomic mass is 32.2. The Labute approximate surface area is 208 Å². The van der Waals surface area contributed by atoms with Crippen LogP contribution < -0.4 is 21.9 Å². The predicted molar refractivity (Wildman–Crippen MR) is 125 cm³/mol. The molecule has 3 amide bonds. The number of hydrogen-bond acceptors (Lipinski definition) is 12. The molecule has 16 heteroatoms. The number of carbonyl (C=O) groups excluding carboxylic acids is 4. The monoisotopic (exact) mass is 524 g/mol. The minimum absolute atomic E-state index is 0.0628. The van der Waals surface area contributed by atoms with Crippen molar-refractivity contribution in [2.45, 2.75) is 11.4 Å². The standard InChI is InChI=1S/C19H24N8O6S2/c1-27(2,7-10(20)28)6-4-5-9-8-34-17-12(16(30)26(17)13(9)18(31)32)22-15(29)11(24-33-3)14-23-19(21)35-25-14/h4-5,12,17H,6-8H2,1-3H3,(H5-,20,21,22,23,25,28,29,31,32)/b5-4+,24-11-/t12-,17-/m1/s1. The van der Waals surface area contributed by atoms with Crippen LogP contribution in [0.3, 0.4) is 0 Å². The van der Waals surface area contributed by atoms with E-state index in [1.54, 1.807) is 26.2 Å². The summed E-state index contributed by atoms with van der Waals surface area (Å²) < 4.78 is 4.19. The summed E-state index contributed by atoms with van der Waals surface area (Å²) in [5, 5.41) is 17.5.